The molecule has 2 aromatic rings. The Hall–Kier alpha value is -3.46. The Morgan fingerprint density at radius 3 is 2.62 bits per heavy atom. The first-order chi connectivity index (χ1) is 16.2. The average Bonchev–Trinajstić information content (AvgIpc) is 2.82. The molecular formula is C25H32N4O5. The topological polar surface area (TPSA) is 101 Å². The van der Waals surface area contributed by atoms with Gasteiger partial charge in [0.1, 0.15) is 12.4 Å². The van der Waals surface area contributed by atoms with Crippen LogP contribution in [0.2, 0.25) is 0 Å². The molecule has 0 saturated carbocycles. The molecule has 0 aliphatic carbocycles. The summed E-state index contributed by atoms with van der Waals surface area (Å²) in [5.74, 6) is -0.305. The molecule has 2 heterocycles. The van der Waals surface area contributed by atoms with Crippen LogP contribution in [0.4, 0.5) is 5.69 Å². The fourth-order valence-electron chi connectivity index (χ4n) is 3.99. The Labute approximate surface area is 200 Å². The third-order valence-electron chi connectivity index (χ3n) is 5.94. The lowest BCUT2D eigenvalue weighted by atomic mass is 10.0. The molecule has 34 heavy (non-hydrogen) atoms. The summed E-state index contributed by atoms with van der Waals surface area (Å²) >= 11 is 0. The number of aromatic nitrogens is 1. The first-order valence-electron chi connectivity index (χ1n) is 11.2. The normalized spacial score (nSPS) is 21.6. The summed E-state index contributed by atoms with van der Waals surface area (Å²) in [6.07, 6.45) is 2.89. The lowest BCUT2D eigenvalue weighted by molar-refractivity contribution is -0.114. The van der Waals surface area contributed by atoms with Gasteiger partial charge in [-0.05, 0) is 31.2 Å². The molecule has 0 spiro atoms. The summed E-state index contributed by atoms with van der Waals surface area (Å²) in [7, 11) is 3.32. The van der Waals surface area contributed by atoms with E-state index in [4.69, 9.17) is 9.47 Å². The minimum absolute atomic E-state index is 0.0515. The zero-order chi connectivity index (χ0) is 24.8. The predicted octanol–water partition coefficient (Wildman–Crippen LogP) is 2.69. The van der Waals surface area contributed by atoms with E-state index >= 15 is 0 Å². The van der Waals surface area contributed by atoms with Gasteiger partial charge in [0.25, 0.3) is 11.8 Å². The van der Waals surface area contributed by atoms with Gasteiger partial charge >= 0.3 is 0 Å². The number of hydrogen-bond acceptors (Lipinski definition) is 6. The number of carbonyl (C=O) groups excluding carboxylic acids is 3. The Kier molecular flexibility index (Phi) is 8.22. The molecule has 3 amide bonds. The van der Waals surface area contributed by atoms with Crippen molar-refractivity contribution in [3.8, 4) is 5.75 Å². The minimum atomic E-state index is -0.308. The number of carbonyl (C=O) groups is 3. The molecule has 0 radical (unpaired) electrons. The lowest BCUT2D eigenvalue weighted by Crippen LogP contribution is -2.48. The number of hydrogen-bond donors (Lipinski definition) is 1. The molecule has 182 valence electrons. The van der Waals surface area contributed by atoms with Crippen molar-refractivity contribution in [2.45, 2.75) is 32.9 Å². The van der Waals surface area contributed by atoms with E-state index in [1.165, 1.54) is 6.92 Å². The molecule has 3 rings (SSSR count). The second-order valence-electron chi connectivity index (χ2n) is 8.69. The van der Waals surface area contributed by atoms with Crippen molar-refractivity contribution in [2.24, 2.45) is 5.92 Å². The number of fused-ring (bicyclic) bond motifs is 1. The summed E-state index contributed by atoms with van der Waals surface area (Å²) < 4.78 is 11.8. The molecule has 0 fully saturated rings. The van der Waals surface area contributed by atoms with E-state index in [0.29, 0.717) is 35.7 Å². The van der Waals surface area contributed by atoms with Crippen molar-refractivity contribution < 1.29 is 23.9 Å². The van der Waals surface area contributed by atoms with Gasteiger partial charge in [-0.1, -0.05) is 6.92 Å². The van der Waals surface area contributed by atoms with Crippen LogP contribution in [0.5, 0.6) is 5.75 Å². The number of likely N-dealkylation sites (N-methyl/N-ethyl adjacent to an activating group) is 1. The summed E-state index contributed by atoms with van der Waals surface area (Å²) in [6.45, 7) is 6.23. The first-order valence-corrected chi connectivity index (χ1v) is 11.2. The van der Waals surface area contributed by atoms with E-state index in [1.54, 1.807) is 66.7 Å². The van der Waals surface area contributed by atoms with Crippen molar-refractivity contribution in [3.63, 3.8) is 0 Å². The minimum Gasteiger partial charge on any atom is -0.491 e. The number of benzene rings is 1. The number of pyridine rings is 1. The summed E-state index contributed by atoms with van der Waals surface area (Å²) in [5, 5.41) is 2.71. The maximum atomic E-state index is 13.4. The maximum Gasteiger partial charge on any atom is 0.257 e. The number of nitrogens with zero attached hydrogens (tertiary/aromatic N) is 3. The van der Waals surface area contributed by atoms with Gasteiger partial charge in [0, 0.05) is 64.2 Å². The van der Waals surface area contributed by atoms with Gasteiger partial charge < -0.3 is 24.6 Å². The fourth-order valence-corrected chi connectivity index (χ4v) is 3.99. The Balaban J connectivity index is 2.00. The number of rotatable bonds is 3. The molecular weight excluding hydrogens is 436 g/mol. The van der Waals surface area contributed by atoms with Gasteiger partial charge in [0.15, 0.2) is 0 Å². The number of nitrogens with one attached hydrogen (secondary N) is 1. The van der Waals surface area contributed by atoms with Gasteiger partial charge in [-0.2, -0.15) is 0 Å². The van der Waals surface area contributed by atoms with E-state index < -0.39 is 0 Å². The van der Waals surface area contributed by atoms with Gasteiger partial charge in [-0.25, -0.2) is 0 Å². The van der Waals surface area contributed by atoms with Crippen molar-refractivity contribution in [2.75, 3.05) is 39.2 Å². The van der Waals surface area contributed by atoms with Crippen LogP contribution in [0.3, 0.4) is 0 Å². The lowest BCUT2D eigenvalue weighted by Gasteiger charge is -2.36. The summed E-state index contributed by atoms with van der Waals surface area (Å²) in [6, 6.07) is 8.09. The zero-order valence-electron chi connectivity index (χ0n) is 20.3. The van der Waals surface area contributed by atoms with Crippen LogP contribution in [-0.2, 0) is 9.53 Å². The van der Waals surface area contributed by atoms with Gasteiger partial charge in [0.05, 0.1) is 23.3 Å². The highest BCUT2D eigenvalue weighted by Crippen LogP contribution is 2.27. The highest BCUT2D eigenvalue weighted by molar-refractivity contribution is 5.98. The van der Waals surface area contributed by atoms with E-state index in [9.17, 15) is 14.4 Å². The van der Waals surface area contributed by atoms with Crippen LogP contribution >= 0.6 is 0 Å². The van der Waals surface area contributed by atoms with Crippen LogP contribution in [0.25, 0.3) is 0 Å². The van der Waals surface area contributed by atoms with Crippen molar-refractivity contribution in [1.29, 1.82) is 0 Å². The third-order valence-corrected chi connectivity index (χ3v) is 5.94. The predicted molar refractivity (Wildman–Crippen MR) is 128 cm³/mol. The van der Waals surface area contributed by atoms with Gasteiger partial charge in [-0.15, -0.1) is 0 Å². The molecule has 1 aliphatic rings. The van der Waals surface area contributed by atoms with Crippen LogP contribution < -0.4 is 10.1 Å². The first kappa shape index (κ1) is 25.2. The standard InChI is InChI=1S/C25H32N4O5/c1-16-13-29(24(31)19-7-6-10-26-12-19)17(2)15-34-22-11-20(27-18(3)30)8-9-21(22)25(32)28(4)14-23(16)33-5/h6-12,16-17,23H,13-15H2,1-5H3,(H,27,30)/t16-,17+,23+/m1/s1. The molecule has 0 saturated heterocycles. The van der Waals surface area contributed by atoms with Crippen molar-refractivity contribution in [3.05, 3.63) is 53.9 Å². The maximum absolute atomic E-state index is 13.4. The van der Waals surface area contributed by atoms with Crippen molar-refractivity contribution >= 4 is 23.4 Å². The number of methoxy groups -OCH3 is 1. The highest BCUT2D eigenvalue weighted by atomic mass is 16.5. The van der Waals surface area contributed by atoms with E-state index in [2.05, 4.69) is 10.3 Å². The highest BCUT2D eigenvalue weighted by Gasteiger charge is 2.31. The Bertz CT molecular complexity index is 1030. The Morgan fingerprint density at radius 1 is 1.21 bits per heavy atom. The fraction of sp³-hybridized carbons (Fsp3) is 0.440. The molecule has 1 N–H and O–H groups in total. The summed E-state index contributed by atoms with van der Waals surface area (Å²) in [4.78, 5) is 45.5. The van der Waals surface area contributed by atoms with E-state index in [0.717, 1.165) is 0 Å². The zero-order valence-corrected chi connectivity index (χ0v) is 20.3. The largest absolute Gasteiger partial charge is 0.491 e. The molecule has 9 nitrogen and oxygen atoms in total. The molecule has 3 atom stereocenters. The SMILES string of the molecule is CO[C@H]1CN(C)C(=O)c2ccc(NC(C)=O)cc2OC[C@H](C)N(C(=O)c2cccnc2)C[C@H]1C. The van der Waals surface area contributed by atoms with Crippen LogP contribution in [0.15, 0.2) is 42.7 Å². The third kappa shape index (κ3) is 5.91. The molecule has 9 heteroatoms. The molecule has 1 aliphatic heterocycles. The molecule has 0 bridgehead atoms. The number of amides is 3. The van der Waals surface area contributed by atoms with Gasteiger partial charge in [-0.3, -0.25) is 19.4 Å². The van der Waals surface area contributed by atoms with Gasteiger partial charge in [0.2, 0.25) is 5.91 Å². The quantitative estimate of drug-likeness (QED) is 0.743. The monoisotopic (exact) mass is 468 g/mol. The molecule has 0 unspecified atom stereocenters. The molecule has 1 aromatic carbocycles. The van der Waals surface area contributed by atoms with Crippen molar-refractivity contribution in [1.82, 2.24) is 14.8 Å². The van der Waals surface area contributed by atoms with Crippen LogP contribution in [0, 0.1) is 5.92 Å². The Morgan fingerprint density at radius 2 is 1.97 bits per heavy atom. The second-order valence-corrected chi connectivity index (χ2v) is 8.69. The average molecular weight is 469 g/mol. The summed E-state index contributed by atoms with van der Waals surface area (Å²) in [5.41, 5.74) is 1.38. The number of anilines is 1. The smallest absolute Gasteiger partial charge is 0.257 e. The van der Waals surface area contributed by atoms with Crippen LogP contribution in [-0.4, -0.2) is 78.5 Å². The van der Waals surface area contributed by atoms with E-state index in [1.807, 2.05) is 13.8 Å². The second kappa shape index (κ2) is 11.1. The van der Waals surface area contributed by atoms with E-state index in [-0.39, 0.29) is 42.4 Å². The number of ether oxygens (including phenoxy) is 2. The van der Waals surface area contributed by atoms with Crippen LogP contribution in [0.1, 0.15) is 41.5 Å². The molecule has 1 aromatic heterocycles.